The van der Waals surface area contributed by atoms with Gasteiger partial charge in [-0.15, -0.1) is 0 Å². The van der Waals surface area contributed by atoms with E-state index in [9.17, 15) is 4.79 Å². The van der Waals surface area contributed by atoms with Crippen molar-refractivity contribution < 1.29 is 9.53 Å². The molecule has 2 aromatic carbocycles. The third-order valence-electron chi connectivity index (χ3n) is 2.54. The second-order valence-corrected chi connectivity index (χ2v) is 4.21. The van der Waals surface area contributed by atoms with Crippen LogP contribution >= 0.6 is 11.6 Å². The molecule has 0 bridgehead atoms. The second-order valence-electron chi connectivity index (χ2n) is 3.80. The summed E-state index contributed by atoms with van der Waals surface area (Å²) in [6.07, 6.45) is -1.01. The summed E-state index contributed by atoms with van der Waals surface area (Å²) in [4.78, 5) is 11.9. The van der Waals surface area contributed by atoms with E-state index in [1.165, 1.54) is 0 Å². The van der Waals surface area contributed by atoms with Gasteiger partial charge in [-0.2, -0.15) is 5.26 Å². The smallest absolute Gasteiger partial charge is 0.339 e. The molecule has 1 atom stereocenters. The number of hydrogen-bond donors (Lipinski definition) is 0. The summed E-state index contributed by atoms with van der Waals surface area (Å²) in [6, 6.07) is 17.2. The zero-order valence-corrected chi connectivity index (χ0v) is 10.7. The number of esters is 1. The number of halogens is 1. The van der Waals surface area contributed by atoms with E-state index >= 15 is 0 Å². The molecule has 4 heteroatoms. The van der Waals surface area contributed by atoms with Gasteiger partial charge in [-0.05, 0) is 18.2 Å². The van der Waals surface area contributed by atoms with Crippen molar-refractivity contribution >= 4 is 17.6 Å². The van der Waals surface area contributed by atoms with Gasteiger partial charge < -0.3 is 4.74 Å². The molecule has 0 N–H and O–H groups in total. The summed E-state index contributed by atoms with van der Waals surface area (Å²) in [5.41, 5.74) is 0.880. The first-order valence-electron chi connectivity index (χ1n) is 5.62. The Morgan fingerprint density at radius 2 is 1.74 bits per heavy atom. The normalized spacial score (nSPS) is 11.4. The van der Waals surface area contributed by atoms with E-state index in [1.54, 1.807) is 54.6 Å². The third kappa shape index (κ3) is 3.12. The number of nitrogens with zero attached hydrogens (tertiary/aromatic N) is 1. The zero-order valence-electron chi connectivity index (χ0n) is 9.92. The first kappa shape index (κ1) is 13.1. The van der Waals surface area contributed by atoms with Crippen LogP contribution in [0.2, 0.25) is 5.02 Å². The molecule has 0 spiro atoms. The van der Waals surface area contributed by atoms with Gasteiger partial charge in [0.25, 0.3) is 0 Å². The van der Waals surface area contributed by atoms with E-state index in [-0.39, 0.29) is 0 Å². The molecule has 0 aliphatic rings. The number of carbonyl (C=O) groups is 1. The lowest BCUT2D eigenvalue weighted by atomic mass is 10.1. The summed E-state index contributed by atoms with van der Waals surface area (Å²) in [5.74, 6) is -0.549. The minimum Gasteiger partial charge on any atom is -0.438 e. The summed E-state index contributed by atoms with van der Waals surface area (Å²) in [5, 5.41) is 9.51. The standard InChI is InChI=1S/C15H10ClNO2/c16-13-9-5-4-8-12(13)14(10-17)19-15(18)11-6-2-1-3-7-11/h1-9,14H/t14-/m0/s1. The lowest BCUT2D eigenvalue weighted by molar-refractivity contribution is 0.0404. The van der Waals surface area contributed by atoms with Crippen LogP contribution in [0.25, 0.3) is 0 Å². The number of carbonyl (C=O) groups excluding carboxylic acids is 1. The van der Waals surface area contributed by atoms with Crippen LogP contribution in [-0.2, 0) is 4.74 Å². The highest BCUT2D eigenvalue weighted by molar-refractivity contribution is 6.31. The fraction of sp³-hybridized carbons (Fsp3) is 0.0667. The van der Waals surface area contributed by atoms with Crippen LogP contribution in [-0.4, -0.2) is 5.97 Å². The van der Waals surface area contributed by atoms with Crippen LogP contribution in [0.15, 0.2) is 54.6 Å². The van der Waals surface area contributed by atoms with Crippen molar-refractivity contribution in [3.05, 3.63) is 70.7 Å². The Kier molecular flexibility index (Phi) is 4.17. The lowest BCUT2D eigenvalue weighted by Gasteiger charge is -2.12. The van der Waals surface area contributed by atoms with Crippen LogP contribution in [0.3, 0.4) is 0 Å². The van der Waals surface area contributed by atoms with Crippen molar-refractivity contribution in [1.29, 1.82) is 5.26 Å². The van der Waals surface area contributed by atoms with Gasteiger partial charge in [-0.3, -0.25) is 0 Å². The van der Waals surface area contributed by atoms with Gasteiger partial charge in [-0.25, -0.2) is 4.79 Å². The maximum Gasteiger partial charge on any atom is 0.339 e. The van der Waals surface area contributed by atoms with Gasteiger partial charge in [0.05, 0.1) is 5.56 Å². The van der Waals surface area contributed by atoms with Crippen LogP contribution in [0.4, 0.5) is 0 Å². The van der Waals surface area contributed by atoms with Crippen LogP contribution in [0.5, 0.6) is 0 Å². The molecule has 19 heavy (non-hydrogen) atoms. The SMILES string of the molecule is N#C[C@H](OC(=O)c1ccccc1)c1ccccc1Cl. The highest BCUT2D eigenvalue weighted by atomic mass is 35.5. The van der Waals surface area contributed by atoms with Crippen molar-refractivity contribution in [1.82, 2.24) is 0 Å². The number of hydrogen-bond acceptors (Lipinski definition) is 3. The van der Waals surface area contributed by atoms with Crippen molar-refractivity contribution in [3.63, 3.8) is 0 Å². The summed E-state index contributed by atoms with van der Waals surface area (Å²) < 4.78 is 5.17. The highest BCUT2D eigenvalue weighted by Crippen LogP contribution is 2.25. The van der Waals surface area contributed by atoms with E-state index < -0.39 is 12.1 Å². The van der Waals surface area contributed by atoms with Crippen LogP contribution in [0.1, 0.15) is 22.0 Å². The minimum absolute atomic E-state index is 0.398. The summed E-state index contributed by atoms with van der Waals surface area (Å²) >= 11 is 5.98. The van der Waals surface area contributed by atoms with E-state index in [0.717, 1.165) is 0 Å². The molecule has 3 nitrogen and oxygen atoms in total. The van der Waals surface area contributed by atoms with Gasteiger partial charge in [0.15, 0.2) is 0 Å². The summed E-state index contributed by atoms with van der Waals surface area (Å²) in [7, 11) is 0. The van der Waals surface area contributed by atoms with Crippen molar-refractivity contribution in [2.45, 2.75) is 6.10 Å². The molecule has 0 fully saturated rings. The Hall–Kier alpha value is -2.31. The monoisotopic (exact) mass is 271 g/mol. The molecule has 2 aromatic rings. The molecule has 0 unspecified atom stereocenters. The lowest BCUT2D eigenvalue weighted by Crippen LogP contribution is -2.10. The first-order chi connectivity index (χ1) is 9.22. The zero-order chi connectivity index (χ0) is 13.7. The van der Waals surface area contributed by atoms with Gasteiger partial charge in [0, 0.05) is 10.6 Å². The fourth-order valence-electron chi connectivity index (χ4n) is 1.60. The van der Waals surface area contributed by atoms with E-state index in [1.807, 2.05) is 6.07 Å². The molecule has 0 amide bonds. The molecule has 0 saturated heterocycles. The van der Waals surface area contributed by atoms with Gasteiger partial charge in [0.2, 0.25) is 6.10 Å². The number of benzene rings is 2. The summed E-state index contributed by atoms with van der Waals surface area (Å²) in [6.45, 7) is 0. The van der Waals surface area contributed by atoms with Gasteiger partial charge in [-0.1, -0.05) is 48.0 Å². The Morgan fingerprint density at radius 3 is 2.37 bits per heavy atom. The molecular formula is C15H10ClNO2. The molecule has 0 saturated carbocycles. The maximum atomic E-state index is 11.9. The number of nitriles is 1. The number of ether oxygens (including phenoxy) is 1. The second kappa shape index (κ2) is 6.03. The average Bonchev–Trinajstić information content (AvgIpc) is 2.46. The molecule has 94 valence electrons. The molecule has 2 rings (SSSR count). The van der Waals surface area contributed by atoms with Crippen molar-refractivity contribution in [2.24, 2.45) is 0 Å². The van der Waals surface area contributed by atoms with E-state index in [4.69, 9.17) is 21.6 Å². The predicted molar refractivity (Wildman–Crippen MR) is 71.7 cm³/mol. The van der Waals surface area contributed by atoms with Gasteiger partial charge in [0.1, 0.15) is 6.07 Å². The molecule has 0 aliphatic carbocycles. The van der Waals surface area contributed by atoms with Crippen LogP contribution < -0.4 is 0 Å². The molecule has 0 heterocycles. The van der Waals surface area contributed by atoms with Crippen molar-refractivity contribution in [2.75, 3.05) is 0 Å². The predicted octanol–water partition coefficient (Wildman–Crippen LogP) is 3.76. The van der Waals surface area contributed by atoms with Crippen molar-refractivity contribution in [3.8, 4) is 6.07 Å². The maximum absolute atomic E-state index is 11.9. The Labute approximate surface area is 116 Å². The van der Waals surface area contributed by atoms with E-state index in [0.29, 0.717) is 16.1 Å². The quantitative estimate of drug-likeness (QED) is 0.799. The number of rotatable bonds is 3. The van der Waals surface area contributed by atoms with E-state index in [2.05, 4.69) is 0 Å². The molecular weight excluding hydrogens is 262 g/mol. The largest absolute Gasteiger partial charge is 0.438 e. The Balaban J connectivity index is 2.20. The molecule has 0 aromatic heterocycles. The third-order valence-corrected chi connectivity index (χ3v) is 2.88. The first-order valence-corrected chi connectivity index (χ1v) is 6.00. The molecule has 0 aliphatic heterocycles. The molecule has 0 radical (unpaired) electrons. The van der Waals surface area contributed by atoms with Crippen LogP contribution in [0, 0.1) is 11.3 Å². The highest BCUT2D eigenvalue weighted by Gasteiger charge is 2.19. The fourth-order valence-corrected chi connectivity index (χ4v) is 1.83. The average molecular weight is 272 g/mol. The topological polar surface area (TPSA) is 50.1 Å². The Morgan fingerprint density at radius 1 is 1.11 bits per heavy atom. The van der Waals surface area contributed by atoms with Gasteiger partial charge >= 0.3 is 5.97 Å². The minimum atomic E-state index is -1.01. The Bertz CT molecular complexity index is 620.